The Morgan fingerprint density at radius 3 is 2.63 bits per heavy atom. The molecule has 2 bridgehead atoms. The summed E-state index contributed by atoms with van der Waals surface area (Å²) in [6.45, 7) is 6.42. The molecule has 0 saturated carbocycles. The molecule has 4 heterocycles. The lowest BCUT2D eigenvalue weighted by Crippen LogP contribution is -2.58. The summed E-state index contributed by atoms with van der Waals surface area (Å²) in [6, 6.07) is 8.93. The van der Waals surface area contributed by atoms with Crippen molar-refractivity contribution in [1.82, 2.24) is 15.1 Å². The smallest absolute Gasteiger partial charge is 0.251 e. The number of carbonyl (C=O) groups excluding carboxylic acids is 1. The Kier molecular flexibility index (Phi) is 6.96. The predicted octanol–water partition coefficient (Wildman–Crippen LogP) is 2.30. The van der Waals surface area contributed by atoms with Crippen LogP contribution in [0, 0.1) is 11.8 Å². The van der Waals surface area contributed by atoms with Gasteiger partial charge in [0.1, 0.15) is 0 Å². The van der Waals surface area contributed by atoms with Gasteiger partial charge in [-0.05, 0) is 74.9 Å². The average molecular weight is 415 g/mol. The van der Waals surface area contributed by atoms with Crippen LogP contribution in [0.15, 0.2) is 24.3 Å². The Morgan fingerprint density at radius 2 is 1.97 bits per heavy atom. The predicted molar refractivity (Wildman–Crippen MR) is 121 cm³/mol. The Hall–Kier alpha value is -1.63. The first-order valence-corrected chi connectivity index (χ1v) is 11.6. The number of hydrogen-bond donors (Lipinski definition) is 1. The van der Waals surface area contributed by atoms with Gasteiger partial charge in [0.2, 0.25) is 0 Å². The van der Waals surface area contributed by atoms with E-state index in [-0.39, 0.29) is 5.91 Å². The number of piperidine rings is 3. The van der Waals surface area contributed by atoms with E-state index in [4.69, 9.17) is 4.74 Å². The van der Waals surface area contributed by atoms with Crippen LogP contribution in [-0.4, -0.2) is 88.3 Å². The number of amides is 1. The molecule has 1 aromatic rings. The monoisotopic (exact) mass is 414 g/mol. The maximum Gasteiger partial charge on any atom is 0.251 e. The molecule has 30 heavy (non-hydrogen) atoms. The Balaban J connectivity index is 1.27. The van der Waals surface area contributed by atoms with Crippen LogP contribution in [-0.2, 0) is 4.74 Å². The summed E-state index contributed by atoms with van der Waals surface area (Å²) in [5.74, 6) is 1.60. The van der Waals surface area contributed by atoms with E-state index in [2.05, 4.69) is 15.1 Å². The minimum atomic E-state index is 0.0407. The molecule has 166 valence electrons. The van der Waals surface area contributed by atoms with Gasteiger partial charge in [-0.3, -0.25) is 14.6 Å². The molecule has 1 amide bonds. The summed E-state index contributed by atoms with van der Waals surface area (Å²) in [5.41, 5.74) is 1.85. The van der Waals surface area contributed by atoms with Crippen molar-refractivity contribution >= 4 is 11.6 Å². The molecule has 1 aromatic carbocycles. The molecule has 0 aromatic heterocycles. The highest BCUT2D eigenvalue weighted by Crippen LogP contribution is 2.37. The summed E-state index contributed by atoms with van der Waals surface area (Å²) in [4.78, 5) is 19.9. The standard InChI is InChI=1S/C24H38N4O2/c1-26(2)21-8-6-18(7-9-21)24(29)25-14-23-13-19-10-12-28(23)16-20(19)15-27-11-4-5-22(27)17-30-3/h6-9,19-20,22-23H,4-5,10-17H2,1-3H3,(H,25,29)/t19-,20+,22-,23+/m1/s1. The minimum absolute atomic E-state index is 0.0407. The average Bonchev–Trinajstić information content (AvgIpc) is 3.19. The summed E-state index contributed by atoms with van der Waals surface area (Å²) < 4.78 is 5.44. The summed E-state index contributed by atoms with van der Waals surface area (Å²) in [5, 5.41) is 3.19. The molecular weight excluding hydrogens is 376 g/mol. The molecule has 0 radical (unpaired) electrons. The van der Waals surface area contributed by atoms with Crippen LogP contribution in [0.25, 0.3) is 0 Å². The van der Waals surface area contributed by atoms with Crippen molar-refractivity contribution in [1.29, 1.82) is 0 Å². The molecular formula is C24H38N4O2. The second kappa shape index (κ2) is 9.67. The number of benzene rings is 1. The van der Waals surface area contributed by atoms with Crippen LogP contribution in [0.3, 0.4) is 0 Å². The van der Waals surface area contributed by atoms with Crippen LogP contribution in [0.2, 0.25) is 0 Å². The number of nitrogens with one attached hydrogen (secondary N) is 1. The SMILES string of the molecule is COC[C@H]1CCCN1C[C@H]1CN2CC[C@@H]1C[C@H]2CNC(=O)c1ccc(N(C)C)cc1. The topological polar surface area (TPSA) is 48.1 Å². The second-order valence-electron chi connectivity index (χ2n) is 9.59. The molecule has 5 rings (SSSR count). The van der Waals surface area contributed by atoms with Gasteiger partial charge in [-0.15, -0.1) is 0 Å². The van der Waals surface area contributed by atoms with Crippen molar-refractivity contribution in [3.8, 4) is 0 Å². The lowest BCUT2D eigenvalue weighted by atomic mass is 9.75. The van der Waals surface area contributed by atoms with E-state index in [0.29, 0.717) is 12.1 Å². The van der Waals surface area contributed by atoms with Crippen LogP contribution in [0.1, 0.15) is 36.0 Å². The number of carbonyl (C=O) groups is 1. The molecule has 4 saturated heterocycles. The third-order valence-corrected chi connectivity index (χ3v) is 7.49. The third kappa shape index (κ3) is 4.82. The van der Waals surface area contributed by atoms with Crippen molar-refractivity contribution in [3.63, 3.8) is 0 Å². The Morgan fingerprint density at radius 1 is 1.17 bits per heavy atom. The number of likely N-dealkylation sites (tertiary alicyclic amines) is 1. The minimum Gasteiger partial charge on any atom is -0.383 e. The summed E-state index contributed by atoms with van der Waals surface area (Å²) in [6.07, 6.45) is 5.11. The molecule has 6 nitrogen and oxygen atoms in total. The fraction of sp³-hybridized carbons (Fsp3) is 0.708. The Labute approximate surface area is 181 Å². The van der Waals surface area contributed by atoms with E-state index in [9.17, 15) is 4.79 Å². The first-order chi connectivity index (χ1) is 14.5. The number of hydrogen-bond acceptors (Lipinski definition) is 5. The van der Waals surface area contributed by atoms with Crippen LogP contribution >= 0.6 is 0 Å². The first-order valence-electron chi connectivity index (χ1n) is 11.6. The van der Waals surface area contributed by atoms with E-state index in [1.165, 1.54) is 51.9 Å². The van der Waals surface area contributed by atoms with Crippen LogP contribution < -0.4 is 10.2 Å². The zero-order valence-electron chi connectivity index (χ0n) is 18.8. The van der Waals surface area contributed by atoms with Crippen molar-refractivity contribution in [2.24, 2.45) is 11.8 Å². The van der Waals surface area contributed by atoms with Gasteiger partial charge < -0.3 is 15.0 Å². The van der Waals surface area contributed by atoms with Gasteiger partial charge in [0.25, 0.3) is 5.91 Å². The highest BCUT2D eigenvalue weighted by molar-refractivity contribution is 5.94. The quantitative estimate of drug-likeness (QED) is 0.707. The lowest BCUT2D eigenvalue weighted by molar-refractivity contribution is -0.0167. The zero-order valence-corrected chi connectivity index (χ0v) is 18.8. The molecule has 4 aliphatic rings. The lowest BCUT2D eigenvalue weighted by Gasteiger charge is -2.51. The fourth-order valence-corrected chi connectivity index (χ4v) is 5.71. The van der Waals surface area contributed by atoms with Gasteiger partial charge in [0, 0.05) is 64.2 Å². The molecule has 1 unspecified atom stereocenters. The van der Waals surface area contributed by atoms with Crippen molar-refractivity contribution in [2.45, 2.75) is 37.8 Å². The van der Waals surface area contributed by atoms with E-state index in [1.807, 2.05) is 50.4 Å². The molecule has 6 heteroatoms. The number of methoxy groups -OCH3 is 1. The molecule has 1 N–H and O–H groups in total. The van der Waals surface area contributed by atoms with E-state index in [1.54, 1.807) is 0 Å². The number of rotatable bonds is 8. The van der Waals surface area contributed by atoms with Gasteiger partial charge in [0.05, 0.1) is 6.61 Å². The second-order valence-corrected chi connectivity index (χ2v) is 9.59. The third-order valence-electron chi connectivity index (χ3n) is 7.49. The van der Waals surface area contributed by atoms with Crippen molar-refractivity contribution < 1.29 is 9.53 Å². The first kappa shape index (κ1) is 21.6. The number of ether oxygens (including phenoxy) is 1. The van der Waals surface area contributed by atoms with Gasteiger partial charge in [-0.25, -0.2) is 0 Å². The number of fused-ring (bicyclic) bond motifs is 3. The Bertz CT molecular complexity index is 708. The molecule has 5 atom stereocenters. The van der Waals surface area contributed by atoms with E-state index in [0.717, 1.165) is 36.2 Å². The van der Waals surface area contributed by atoms with Crippen LogP contribution in [0.5, 0.6) is 0 Å². The number of anilines is 1. The molecule has 4 aliphatic heterocycles. The van der Waals surface area contributed by atoms with Gasteiger partial charge >= 0.3 is 0 Å². The van der Waals surface area contributed by atoms with Gasteiger partial charge in [0.15, 0.2) is 0 Å². The zero-order chi connectivity index (χ0) is 21.1. The largest absolute Gasteiger partial charge is 0.383 e. The molecule has 4 fully saturated rings. The maximum absolute atomic E-state index is 12.6. The van der Waals surface area contributed by atoms with Crippen LogP contribution in [0.4, 0.5) is 5.69 Å². The molecule has 0 aliphatic carbocycles. The highest BCUT2D eigenvalue weighted by atomic mass is 16.5. The normalized spacial score (nSPS) is 31.1. The summed E-state index contributed by atoms with van der Waals surface area (Å²) >= 11 is 0. The highest BCUT2D eigenvalue weighted by Gasteiger charge is 2.41. The van der Waals surface area contributed by atoms with E-state index < -0.39 is 0 Å². The van der Waals surface area contributed by atoms with Gasteiger partial charge in [-0.1, -0.05) is 0 Å². The maximum atomic E-state index is 12.6. The van der Waals surface area contributed by atoms with E-state index >= 15 is 0 Å². The number of nitrogens with zero attached hydrogens (tertiary/aromatic N) is 3. The fourth-order valence-electron chi connectivity index (χ4n) is 5.71. The van der Waals surface area contributed by atoms with Crippen molar-refractivity contribution in [3.05, 3.63) is 29.8 Å². The molecule has 0 spiro atoms. The van der Waals surface area contributed by atoms with Crippen molar-refractivity contribution in [2.75, 3.05) is 65.4 Å². The van der Waals surface area contributed by atoms with Gasteiger partial charge in [-0.2, -0.15) is 0 Å². The summed E-state index contributed by atoms with van der Waals surface area (Å²) in [7, 11) is 5.84.